The van der Waals surface area contributed by atoms with Gasteiger partial charge in [0.25, 0.3) is 0 Å². The highest BCUT2D eigenvalue weighted by Gasteiger charge is 2.13. The summed E-state index contributed by atoms with van der Waals surface area (Å²) in [5.74, 6) is 1.05. The van der Waals surface area contributed by atoms with Crippen molar-refractivity contribution in [3.8, 4) is 22.8 Å². The SMILES string of the molecule is Cc1nc(-c2ccnc(-c3n[nH]c4cccnc34)c2)no1. The van der Waals surface area contributed by atoms with Crippen molar-refractivity contribution in [1.29, 1.82) is 0 Å². The molecule has 7 nitrogen and oxygen atoms in total. The van der Waals surface area contributed by atoms with Gasteiger partial charge in [0.05, 0.1) is 11.2 Å². The number of pyridine rings is 2. The van der Waals surface area contributed by atoms with Crippen LogP contribution in [0.25, 0.3) is 33.8 Å². The van der Waals surface area contributed by atoms with E-state index in [0.29, 0.717) is 23.1 Å². The van der Waals surface area contributed by atoms with Crippen molar-refractivity contribution in [1.82, 2.24) is 30.3 Å². The third-order valence-electron chi connectivity index (χ3n) is 3.11. The van der Waals surface area contributed by atoms with Gasteiger partial charge in [0, 0.05) is 24.9 Å². The van der Waals surface area contributed by atoms with E-state index in [2.05, 4.69) is 30.3 Å². The van der Waals surface area contributed by atoms with Crippen molar-refractivity contribution < 1.29 is 4.52 Å². The zero-order valence-corrected chi connectivity index (χ0v) is 11.1. The summed E-state index contributed by atoms with van der Waals surface area (Å²) >= 11 is 0. The van der Waals surface area contributed by atoms with Crippen LogP contribution >= 0.6 is 0 Å². The van der Waals surface area contributed by atoms with Gasteiger partial charge in [-0.05, 0) is 24.3 Å². The highest BCUT2D eigenvalue weighted by molar-refractivity contribution is 5.88. The summed E-state index contributed by atoms with van der Waals surface area (Å²) < 4.78 is 5.00. The molecule has 0 amide bonds. The molecule has 0 radical (unpaired) electrons. The fourth-order valence-corrected chi connectivity index (χ4v) is 2.15. The Balaban J connectivity index is 1.86. The molecule has 1 N–H and O–H groups in total. The molecule has 0 saturated heterocycles. The standard InChI is InChI=1S/C14H10N6O/c1-8-17-14(20-21-8)9-4-6-15-11(7-9)13-12-10(18-19-13)3-2-5-16-12/h2-7H,1H3,(H,18,19). The second-order valence-electron chi connectivity index (χ2n) is 4.54. The number of hydrogen-bond acceptors (Lipinski definition) is 6. The molecule has 0 unspecified atom stereocenters. The van der Waals surface area contributed by atoms with Crippen LogP contribution in [0.3, 0.4) is 0 Å². The Morgan fingerprint density at radius 3 is 2.95 bits per heavy atom. The van der Waals surface area contributed by atoms with Crippen LogP contribution in [-0.2, 0) is 0 Å². The molecule has 102 valence electrons. The van der Waals surface area contributed by atoms with E-state index in [9.17, 15) is 0 Å². The first-order valence-corrected chi connectivity index (χ1v) is 6.37. The zero-order chi connectivity index (χ0) is 14.2. The highest BCUT2D eigenvalue weighted by Crippen LogP contribution is 2.25. The molecule has 0 fully saturated rings. The minimum atomic E-state index is 0.523. The van der Waals surface area contributed by atoms with Crippen LogP contribution in [0.5, 0.6) is 0 Å². The maximum atomic E-state index is 5.00. The van der Waals surface area contributed by atoms with Crippen molar-refractivity contribution in [3.63, 3.8) is 0 Å². The number of fused-ring (bicyclic) bond motifs is 1. The van der Waals surface area contributed by atoms with Gasteiger partial charge in [-0.3, -0.25) is 15.1 Å². The first kappa shape index (κ1) is 11.7. The average molecular weight is 278 g/mol. The van der Waals surface area contributed by atoms with E-state index in [-0.39, 0.29) is 0 Å². The van der Waals surface area contributed by atoms with E-state index in [1.807, 2.05) is 24.3 Å². The summed E-state index contributed by atoms with van der Waals surface area (Å²) in [7, 11) is 0. The number of rotatable bonds is 2. The maximum Gasteiger partial charge on any atom is 0.223 e. The molecule has 4 aromatic rings. The predicted molar refractivity (Wildman–Crippen MR) is 75.1 cm³/mol. The molecule has 0 spiro atoms. The Hall–Kier alpha value is -3.09. The molecule has 4 aromatic heterocycles. The molecule has 0 atom stereocenters. The van der Waals surface area contributed by atoms with Crippen molar-refractivity contribution >= 4 is 11.0 Å². The minimum absolute atomic E-state index is 0.523. The lowest BCUT2D eigenvalue weighted by molar-refractivity contribution is 0.394. The van der Waals surface area contributed by atoms with Crippen LogP contribution in [0.4, 0.5) is 0 Å². The third-order valence-corrected chi connectivity index (χ3v) is 3.11. The molecule has 0 saturated carbocycles. The van der Waals surface area contributed by atoms with E-state index < -0.39 is 0 Å². The van der Waals surface area contributed by atoms with Gasteiger partial charge in [-0.1, -0.05) is 5.16 Å². The van der Waals surface area contributed by atoms with Crippen LogP contribution < -0.4 is 0 Å². The second-order valence-corrected chi connectivity index (χ2v) is 4.54. The molecule has 0 aliphatic carbocycles. The van der Waals surface area contributed by atoms with Gasteiger partial charge in [-0.25, -0.2) is 0 Å². The quantitative estimate of drug-likeness (QED) is 0.605. The van der Waals surface area contributed by atoms with Gasteiger partial charge < -0.3 is 4.52 Å². The smallest absolute Gasteiger partial charge is 0.223 e. The zero-order valence-electron chi connectivity index (χ0n) is 11.1. The number of nitrogens with zero attached hydrogens (tertiary/aromatic N) is 5. The van der Waals surface area contributed by atoms with Gasteiger partial charge in [-0.15, -0.1) is 0 Å². The van der Waals surface area contributed by atoms with Gasteiger partial charge in [-0.2, -0.15) is 10.1 Å². The predicted octanol–water partition coefficient (Wildman–Crippen LogP) is 2.38. The fraction of sp³-hybridized carbons (Fsp3) is 0.0714. The Bertz CT molecular complexity index is 926. The van der Waals surface area contributed by atoms with E-state index in [1.54, 1.807) is 19.3 Å². The lowest BCUT2D eigenvalue weighted by atomic mass is 10.1. The summed E-state index contributed by atoms with van der Waals surface area (Å²) in [6.45, 7) is 1.75. The van der Waals surface area contributed by atoms with Crippen molar-refractivity contribution in [2.45, 2.75) is 6.92 Å². The molecular formula is C14H10N6O. The highest BCUT2D eigenvalue weighted by atomic mass is 16.5. The molecule has 21 heavy (non-hydrogen) atoms. The van der Waals surface area contributed by atoms with Gasteiger partial charge in [0.1, 0.15) is 11.2 Å². The second kappa shape index (κ2) is 4.48. The molecule has 4 rings (SSSR count). The molecular weight excluding hydrogens is 268 g/mol. The van der Waals surface area contributed by atoms with Crippen LogP contribution in [0, 0.1) is 6.92 Å². The third kappa shape index (κ3) is 1.95. The van der Waals surface area contributed by atoms with Gasteiger partial charge in [0.2, 0.25) is 11.7 Å². The molecule has 4 heterocycles. The van der Waals surface area contributed by atoms with Crippen LogP contribution in [-0.4, -0.2) is 30.3 Å². The lowest BCUT2D eigenvalue weighted by Gasteiger charge is -1.99. The number of aromatic nitrogens is 6. The molecule has 7 heteroatoms. The molecule has 0 aliphatic heterocycles. The van der Waals surface area contributed by atoms with Crippen LogP contribution in [0.15, 0.2) is 41.2 Å². The largest absolute Gasteiger partial charge is 0.339 e. The van der Waals surface area contributed by atoms with Gasteiger partial charge in [0.15, 0.2) is 0 Å². The fourth-order valence-electron chi connectivity index (χ4n) is 2.15. The van der Waals surface area contributed by atoms with Crippen molar-refractivity contribution in [2.75, 3.05) is 0 Å². The monoisotopic (exact) mass is 278 g/mol. The summed E-state index contributed by atoms with van der Waals surface area (Å²) in [5, 5.41) is 11.2. The molecule has 0 aliphatic rings. The number of nitrogens with one attached hydrogen (secondary N) is 1. The maximum absolute atomic E-state index is 5.00. The minimum Gasteiger partial charge on any atom is -0.339 e. The van der Waals surface area contributed by atoms with E-state index >= 15 is 0 Å². The molecule has 0 bridgehead atoms. The molecule has 0 aromatic carbocycles. The van der Waals surface area contributed by atoms with Crippen LogP contribution in [0.2, 0.25) is 0 Å². The number of H-pyrrole nitrogens is 1. The topological polar surface area (TPSA) is 93.4 Å². The van der Waals surface area contributed by atoms with Crippen molar-refractivity contribution in [2.24, 2.45) is 0 Å². The first-order chi connectivity index (χ1) is 10.3. The van der Waals surface area contributed by atoms with Crippen molar-refractivity contribution in [3.05, 3.63) is 42.5 Å². The first-order valence-electron chi connectivity index (χ1n) is 6.37. The summed E-state index contributed by atoms with van der Waals surface area (Å²) in [5.41, 5.74) is 3.89. The summed E-state index contributed by atoms with van der Waals surface area (Å²) in [6.07, 6.45) is 3.42. The summed E-state index contributed by atoms with van der Waals surface area (Å²) in [6, 6.07) is 7.48. The Kier molecular flexibility index (Phi) is 2.50. The average Bonchev–Trinajstić information content (AvgIpc) is 3.13. The van der Waals surface area contributed by atoms with Crippen LogP contribution in [0.1, 0.15) is 5.89 Å². The Labute approximate surface area is 119 Å². The summed E-state index contributed by atoms with van der Waals surface area (Å²) in [4.78, 5) is 12.9. The van der Waals surface area contributed by atoms with E-state index in [1.165, 1.54) is 0 Å². The lowest BCUT2D eigenvalue weighted by Crippen LogP contribution is -1.88. The van der Waals surface area contributed by atoms with E-state index in [4.69, 9.17) is 4.52 Å². The Morgan fingerprint density at radius 1 is 1.14 bits per heavy atom. The number of aromatic amines is 1. The Morgan fingerprint density at radius 2 is 2.10 bits per heavy atom. The van der Waals surface area contributed by atoms with Gasteiger partial charge >= 0.3 is 0 Å². The number of hydrogen-bond donors (Lipinski definition) is 1. The number of aryl methyl sites for hydroxylation is 1. The van der Waals surface area contributed by atoms with E-state index in [0.717, 1.165) is 16.6 Å². The normalized spacial score (nSPS) is 11.1.